The van der Waals surface area contributed by atoms with Gasteiger partial charge in [0.15, 0.2) is 0 Å². The number of piperazine rings is 1. The zero-order valence-corrected chi connectivity index (χ0v) is 14.5. The Morgan fingerprint density at radius 3 is 2.71 bits per heavy atom. The van der Waals surface area contributed by atoms with Gasteiger partial charge in [-0.3, -0.25) is 9.69 Å². The predicted molar refractivity (Wildman–Crippen MR) is 93.2 cm³/mol. The molecule has 0 aromatic heterocycles. The average molecular weight is 333 g/mol. The lowest BCUT2D eigenvalue weighted by atomic mass is 9.79. The summed E-state index contributed by atoms with van der Waals surface area (Å²) in [7, 11) is 0. The van der Waals surface area contributed by atoms with Crippen LogP contribution in [-0.4, -0.2) is 42.5 Å². The third-order valence-electron chi connectivity index (χ3n) is 5.55. The number of hydrogen-bond acceptors (Lipinski definition) is 3. The van der Waals surface area contributed by atoms with Gasteiger partial charge in [-0.05, 0) is 37.5 Å². The molecule has 4 nitrogen and oxygen atoms in total. The van der Waals surface area contributed by atoms with Crippen molar-refractivity contribution in [2.75, 3.05) is 26.2 Å². The van der Waals surface area contributed by atoms with Crippen molar-refractivity contribution < 1.29 is 9.18 Å². The summed E-state index contributed by atoms with van der Waals surface area (Å²) in [5.41, 5.74) is 1.09. The van der Waals surface area contributed by atoms with Crippen LogP contribution in [0.2, 0.25) is 0 Å². The molecule has 24 heavy (non-hydrogen) atoms. The largest absolute Gasteiger partial charge is 0.348 e. The summed E-state index contributed by atoms with van der Waals surface area (Å²) >= 11 is 0. The summed E-state index contributed by atoms with van der Waals surface area (Å²) < 4.78 is 13.0. The highest BCUT2D eigenvalue weighted by atomic mass is 19.1. The molecule has 1 aliphatic heterocycles. The lowest BCUT2D eigenvalue weighted by Gasteiger charge is -2.49. The van der Waals surface area contributed by atoms with Gasteiger partial charge in [-0.15, -0.1) is 0 Å². The maximum Gasteiger partial charge on any atom is 0.234 e. The monoisotopic (exact) mass is 333 g/mol. The van der Waals surface area contributed by atoms with Crippen LogP contribution in [0, 0.1) is 5.82 Å². The second-order valence-electron chi connectivity index (χ2n) is 7.22. The number of rotatable bonds is 4. The molecule has 1 heterocycles. The van der Waals surface area contributed by atoms with Crippen LogP contribution in [-0.2, 0) is 4.79 Å². The molecule has 1 spiro atoms. The molecule has 5 heteroatoms. The zero-order valence-electron chi connectivity index (χ0n) is 14.5. The van der Waals surface area contributed by atoms with Crippen molar-refractivity contribution in [3.63, 3.8) is 0 Å². The van der Waals surface area contributed by atoms with Crippen LogP contribution < -0.4 is 10.6 Å². The molecule has 1 aromatic rings. The zero-order chi connectivity index (χ0) is 17.0. The number of amides is 1. The fourth-order valence-corrected chi connectivity index (χ4v) is 4.13. The van der Waals surface area contributed by atoms with Crippen LogP contribution in [0.5, 0.6) is 0 Å². The van der Waals surface area contributed by atoms with Gasteiger partial charge in [0.05, 0.1) is 12.6 Å². The number of carbonyl (C=O) groups excluding carboxylic acids is 1. The Hall–Kier alpha value is -1.46. The van der Waals surface area contributed by atoms with E-state index in [2.05, 4.69) is 15.5 Å². The first-order valence-electron chi connectivity index (χ1n) is 9.10. The molecule has 1 aliphatic carbocycles. The summed E-state index contributed by atoms with van der Waals surface area (Å²) in [6.07, 6.45) is 6.18. The maximum absolute atomic E-state index is 13.0. The SMILES string of the molecule is CC(NC(=O)CN1CCNCC12CCCCC2)c1ccc(F)cc1. The first kappa shape index (κ1) is 17.4. The quantitative estimate of drug-likeness (QED) is 0.890. The number of nitrogens with one attached hydrogen (secondary N) is 2. The summed E-state index contributed by atoms with van der Waals surface area (Å²) in [5, 5.41) is 6.57. The minimum Gasteiger partial charge on any atom is -0.348 e. The normalized spacial score (nSPS) is 22.2. The standard InChI is InChI=1S/C19H28FN3O/c1-15(16-5-7-17(20)8-6-16)22-18(24)13-23-12-11-21-14-19(23)9-3-2-4-10-19/h5-8,15,21H,2-4,9-14H2,1H3,(H,22,24). The third kappa shape index (κ3) is 3.95. The van der Waals surface area contributed by atoms with Crippen LogP contribution >= 0.6 is 0 Å². The van der Waals surface area contributed by atoms with Gasteiger partial charge in [0.2, 0.25) is 5.91 Å². The van der Waals surface area contributed by atoms with Crippen molar-refractivity contribution in [2.45, 2.75) is 50.6 Å². The van der Waals surface area contributed by atoms with Gasteiger partial charge in [-0.25, -0.2) is 4.39 Å². The molecule has 1 saturated heterocycles. The number of carbonyl (C=O) groups is 1. The van der Waals surface area contributed by atoms with E-state index >= 15 is 0 Å². The second kappa shape index (κ2) is 7.62. The van der Waals surface area contributed by atoms with E-state index in [9.17, 15) is 9.18 Å². The Labute approximate surface area is 143 Å². The van der Waals surface area contributed by atoms with E-state index in [1.54, 1.807) is 12.1 Å². The molecule has 0 bridgehead atoms. The lowest BCUT2D eigenvalue weighted by Crippen LogP contribution is -2.63. The van der Waals surface area contributed by atoms with Crippen molar-refractivity contribution >= 4 is 5.91 Å². The Morgan fingerprint density at radius 1 is 1.29 bits per heavy atom. The minimum absolute atomic E-state index is 0.0543. The van der Waals surface area contributed by atoms with Gasteiger partial charge in [0.1, 0.15) is 5.82 Å². The fourth-order valence-electron chi connectivity index (χ4n) is 4.13. The molecule has 2 aliphatic rings. The van der Waals surface area contributed by atoms with Crippen LogP contribution in [0.15, 0.2) is 24.3 Å². The van der Waals surface area contributed by atoms with E-state index in [0.717, 1.165) is 25.2 Å². The van der Waals surface area contributed by atoms with E-state index in [1.807, 2.05) is 6.92 Å². The van der Waals surface area contributed by atoms with Crippen LogP contribution in [0.3, 0.4) is 0 Å². The van der Waals surface area contributed by atoms with Gasteiger partial charge in [0.25, 0.3) is 0 Å². The Morgan fingerprint density at radius 2 is 2.00 bits per heavy atom. The molecule has 1 unspecified atom stereocenters. The molecule has 132 valence electrons. The van der Waals surface area contributed by atoms with E-state index in [1.165, 1.54) is 44.2 Å². The molecular weight excluding hydrogens is 305 g/mol. The molecule has 3 rings (SSSR count). The van der Waals surface area contributed by atoms with E-state index in [-0.39, 0.29) is 23.3 Å². The van der Waals surface area contributed by atoms with Crippen LogP contribution in [0.1, 0.15) is 50.6 Å². The lowest BCUT2D eigenvalue weighted by molar-refractivity contribution is -0.125. The molecule has 1 saturated carbocycles. The predicted octanol–water partition coefficient (Wildman–Crippen LogP) is 2.61. The third-order valence-corrected chi connectivity index (χ3v) is 5.55. The average Bonchev–Trinajstić information content (AvgIpc) is 2.58. The first-order chi connectivity index (χ1) is 11.6. The highest BCUT2D eigenvalue weighted by Gasteiger charge is 2.40. The summed E-state index contributed by atoms with van der Waals surface area (Å²) in [5.74, 6) is -0.198. The van der Waals surface area contributed by atoms with E-state index in [0.29, 0.717) is 6.54 Å². The van der Waals surface area contributed by atoms with Gasteiger partial charge in [-0.1, -0.05) is 31.4 Å². The summed E-state index contributed by atoms with van der Waals surface area (Å²) in [6.45, 7) is 5.27. The highest BCUT2D eigenvalue weighted by Crippen LogP contribution is 2.34. The van der Waals surface area contributed by atoms with Crippen molar-refractivity contribution in [3.05, 3.63) is 35.6 Å². The van der Waals surface area contributed by atoms with Crippen LogP contribution in [0.4, 0.5) is 4.39 Å². The molecular formula is C19H28FN3O. The van der Waals surface area contributed by atoms with Crippen molar-refractivity contribution in [1.82, 2.24) is 15.5 Å². The van der Waals surface area contributed by atoms with Crippen molar-refractivity contribution in [1.29, 1.82) is 0 Å². The Kier molecular flexibility index (Phi) is 5.51. The molecule has 2 fully saturated rings. The fraction of sp³-hybridized carbons (Fsp3) is 0.632. The molecule has 1 atom stereocenters. The first-order valence-corrected chi connectivity index (χ1v) is 9.10. The van der Waals surface area contributed by atoms with Gasteiger partial charge in [0, 0.05) is 25.2 Å². The number of benzene rings is 1. The van der Waals surface area contributed by atoms with E-state index in [4.69, 9.17) is 0 Å². The second-order valence-corrected chi connectivity index (χ2v) is 7.22. The van der Waals surface area contributed by atoms with Crippen molar-refractivity contribution in [3.8, 4) is 0 Å². The van der Waals surface area contributed by atoms with Gasteiger partial charge in [-0.2, -0.15) is 0 Å². The number of halogens is 1. The maximum atomic E-state index is 13.0. The Balaban J connectivity index is 1.59. The number of nitrogens with zero attached hydrogens (tertiary/aromatic N) is 1. The van der Waals surface area contributed by atoms with E-state index < -0.39 is 0 Å². The Bertz CT molecular complexity index is 546. The van der Waals surface area contributed by atoms with Crippen molar-refractivity contribution in [2.24, 2.45) is 0 Å². The smallest absolute Gasteiger partial charge is 0.234 e. The molecule has 1 amide bonds. The highest BCUT2D eigenvalue weighted by molar-refractivity contribution is 5.78. The molecule has 0 radical (unpaired) electrons. The van der Waals surface area contributed by atoms with Gasteiger partial charge >= 0.3 is 0 Å². The minimum atomic E-state index is -0.252. The molecule has 2 N–H and O–H groups in total. The number of hydrogen-bond donors (Lipinski definition) is 2. The van der Waals surface area contributed by atoms with Gasteiger partial charge < -0.3 is 10.6 Å². The summed E-state index contributed by atoms with van der Waals surface area (Å²) in [4.78, 5) is 14.9. The van der Waals surface area contributed by atoms with Crippen LogP contribution in [0.25, 0.3) is 0 Å². The topological polar surface area (TPSA) is 44.4 Å². The molecule has 1 aromatic carbocycles. The summed E-state index contributed by atoms with van der Waals surface area (Å²) in [6, 6.07) is 6.22.